The molecule has 1 aliphatic rings. The fourth-order valence-electron chi connectivity index (χ4n) is 3.11. The van der Waals surface area contributed by atoms with Crippen LogP contribution < -0.4 is 20.1 Å². The Morgan fingerprint density at radius 3 is 2.58 bits per heavy atom. The summed E-state index contributed by atoms with van der Waals surface area (Å²) < 4.78 is 24.8. The molecule has 1 saturated heterocycles. The zero-order valence-corrected chi connectivity index (χ0v) is 19.7. The standard InChI is InChI=1S/C23H23BrFN3O5/c1-3-9-28-22(30)18(27-23(28)31)11-14-10-17(24)21(19(12-14)32-4-2)33-13-20(29)26-16-7-5-15(25)6-8-16/h5-8,10-12H,3-4,9,13H2,1-2H3,(H,26,29)(H,27,31)/b18-11+. The topological polar surface area (TPSA) is 97.0 Å². The van der Waals surface area contributed by atoms with Gasteiger partial charge in [0.25, 0.3) is 11.8 Å². The molecule has 0 spiro atoms. The molecule has 174 valence electrons. The average molecular weight is 520 g/mol. The minimum absolute atomic E-state index is 0.162. The fourth-order valence-corrected chi connectivity index (χ4v) is 3.68. The number of halogens is 2. The molecule has 0 saturated carbocycles. The van der Waals surface area contributed by atoms with Crippen LogP contribution in [0.2, 0.25) is 0 Å². The summed E-state index contributed by atoms with van der Waals surface area (Å²) in [5.74, 6) is -0.564. The third kappa shape index (κ3) is 6.10. The van der Waals surface area contributed by atoms with E-state index in [2.05, 4.69) is 26.6 Å². The summed E-state index contributed by atoms with van der Waals surface area (Å²) in [6.45, 7) is 4.05. The third-order valence-electron chi connectivity index (χ3n) is 4.53. The van der Waals surface area contributed by atoms with Gasteiger partial charge in [-0.1, -0.05) is 6.92 Å². The average Bonchev–Trinajstić information content (AvgIpc) is 3.02. The number of nitrogens with one attached hydrogen (secondary N) is 2. The largest absolute Gasteiger partial charge is 0.490 e. The van der Waals surface area contributed by atoms with Gasteiger partial charge in [0.1, 0.15) is 11.5 Å². The predicted molar refractivity (Wildman–Crippen MR) is 124 cm³/mol. The maximum Gasteiger partial charge on any atom is 0.329 e. The molecule has 33 heavy (non-hydrogen) atoms. The smallest absolute Gasteiger partial charge is 0.329 e. The molecular formula is C23H23BrFN3O5. The summed E-state index contributed by atoms with van der Waals surface area (Å²) in [7, 11) is 0. The first-order valence-corrected chi connectivity index (χ1v) is 11.1. The number of nitrogens with zero attached hydrogens (tertiary/aromatic N) is 1. The summed E-state index contributed by atoms with van der Waals surface area (Å²) in [5, 5.41) is 5.19. The number of imide groups is 1. The molecule has 2 N–H and O–H groups in total. The van der Waals surface area contributed by atoms with Crippen LogP contribution in [-0.4, -0.2) is 42.5 Å². The Hall–Kier alpha value is -3.40. The van der Waals surface area contributed by atoms with E-state index in [0.29, 0.717) is 46.8 Å². The normalized spacial score (nSPS) is 14.4. The molecule has 0 unspecified atom stereocenters. The van der Waals surface area contributed by atoms with E-state index in [1.54, 1.807) is 25.1 Å². The summed E-state index contributed by atoms with van der Waals surface area (Å²) in [5.41, 5.74) is 1.20. The minimum atomic E-state index is -0.454. The molecule has 1 fully saturated rings. The molecule has 3 rings (SSSR count). The quantitative estimate of drug-likeness (QED) is 0.380. The van der Waals surface area contributed by atoms with E-state index in [1.165, 1.54) is 24.3 Å². The van der Waals surface area contributed by atoms with Gasteiger partial charge in [0.05, 0.1) is 11.1 Å². The monoisotopic (exact) mass is 519 g/mol. The maximum atomic E-state index is 13.0. The molecule has 0 bridgehead atoms. The Bertz CT molecular complexity index is 1090. The molecule has 0 atom stereocenters. The molecule has 1 heterocycles. The van der Waals surface area contributed by atoms with Crippen molar-refractivity contribution in [3.05, 3.63) is 57.9 Å². The van der Waals surface area contributed by atoms with Crippen LogP contribution in [0.15, 0.2) is 46.6 Å². The van der Waals surface area contributed by atoms with Crippen LogP contribution in [-0.2, 0) is 9.59 Å². The molecule has 1 aliphatic heterocycles. The van der Waals surface area contributed by atoms with Crippen LogP contribution in [0.3, 0.4) is 0 Å². The van der Waals surface area contributed by atoms with Crippen LogP contribution in [0.1, 0.15) is 25.8 Å². The lowest BCUT2D eigenvalue weighted by atomic mass is 10.1. The highest BCUT2D eigenvalue weighted by Gasteiger charge is 2.32. The second-order valence-corrected chi connectivity index (χ2v) is 7.91. The van der Waals surface area contributed by atoms with Gasteiger partial charge in [-0.15, -0.1) is 0 Å². The number of rotatable bonds is 9. The Kier molecular flexibility index (Phi) is 8.05. The van der Waals surface area contributed by atoms with Crippen LogP contribution in [0.5, 0.6) is 11.5 Å². The molecule has 4 amide bonds. The van der Waals surface area contributed by atoms with Crippen molar-refractivity contribution < 1.29 is 28.2 Å². The Balaban J connectivity index is 1.75. The molecular weight excluding hydrogens is 497 g/mol. The van der Waals surface area contributed by atoms with Crippen molar-refractivity contribution in [3.8, 4) is 11.5 Å². The molecule has 8 nitrogen and oxygen atoms in total. The third-order valence-corrected chi connectivity index (χ3v) is 5.12. The van der Waals surface area contributed by atoms with Gasteiger partial charge in [0, 0.05) is 12.2 Å². The van der Waals surface area contributed by atoms with E-state index in [9.17, 15) is 18.8 Å². The van der Waals surface area contributed by atoms with E-state index < -0.39 is 23.7 Å². The molecule has 10 heteroatoms. The zero-order chi connectivity index (χ0) is 24.0. The summed E-state index contributed by atoms with van der Waals surface area (Å²) in [6, 6.07) is 8.26. The first-order valence-electron chi connectivity index (χ1n) is 10.3. The van der Waals surface area contributed by atoms with E-state index in [-0.39, 0.29) is 12.3 Å². The highest BCUT2D eigenvalue weighted by Crippen LogP contribution is 2.37. The maximum absolute atomic E-state index is 13.0. The first kappa shape index (κ1) is 24.2. The second-order valence-electron chi connectivity index (χ2n) is 7.05. The predicted octanol–water partition coefficient (Wildman–Crippen LogP) is 4.31. The van der Waals surface area contributed by atoms with Crippen LogP contribution >= 0.6 is 15.9 Å². The van der Waals surface area contributed by atoms with Gasteiger partial charge >= 0.3 is 6.03 Å². The number of carbonyl (C=O) groups is 3. The lowest BCUT2D eigenvalue weighted by Gasteiger charge is -2.15. The van der Waals surface area contributed by atoms with Gasteiger partial charge in [-0.05, 0) is 77.3 Å². The minimum Gasteiger partial charge on any atom is -0.490 e. The number of amides is 4. The number of ether oxygens (including phenoxy) is 2. The van der Waals surface area contributed by atoms with E-state index in [4.69, 9.17) is 9.47 Å². The first-order chi connectivity index (χ1) is 15.8. The van der Waals surface area contributed by atoms with Crippen LogP contribution in [0.25, 0.3) is 6.08 Å². The van der Waals surface area contributed by atoms with E-state index in [0.717, 1.165) is 4.90 Å². The van der Waals surface area contributed by atoms with Crippen LogP contribution in [0.4, 0.5) is 14.9 Å². The van der Waals surface area contributed by atoms with E-state index >= 15 is 0 Å². The Morgan fingerprint density at radius 2 is 1.91 bits per heavy atom. The SMILES string of the molecule is CCCN1C(=O)N/C(=C/c2cc(Br)c(OCC(=O)Nc3ccc(F)cc3)c(OCC)c2)C1=O. The van der Waals surface area contributed by atoms with Gasteiger partial charge in [0.15, 0.2) is 18.1 Å². The van der Waals surface area contributed by atoms with Crippen molar-refractivity contribution in [1.82, 2.24) is 10.2 Å². The zero-order valence-electron chi connectivity index (χ0n) is 18.1. The van der Waals surface area contributed by atoms with Gasteiger partial charge in [-0.2, -0.15) is 0 Å². The highest BCUT2D eigenvalue weighted by atomic mass is 79.9. The Morgan fingerprint density at radius 1 is 1.18 bits per heavy atom. The van der Waals surface area contributed by atoms with Crippen molar-refractivity contribution in [2.45, 2.75) is 20.3 Å². The number of carbonyl (C=O) groups excluding carboxylic acids is 3. The highest BCUT2D eigenvalue weighted by molar-refractivity contribution is 9.10. The summed E-state index contributed by atoms with van der Waals surface area (Å²) in [4.78, 5) is 37.8. The number of benzene rings is 2. The van der Waals surface area contributed by atoms with Crippen molar-refractivity contribution in [1.29, 1.82) is 0 Å². The van der Waals surface area contributed by atoms with Gasteiger partial charge in [-0.25, -0.2) is 9.18 Å². The van der Waals surface area contributed by atoms with Crippen molar-refractivity contribution in [2.75, 3.05) is 25.1 Å². The lowest BCUT2D eigenvalue weighted by molar-refractivity contribution is -0.123. The molecule has 0 aromatic heterocycles. The van der Waals surface area contributed by atoms with Crippen molar-refractivity contribution in [3.63, 3.8) is 0 Å². The summed E-state index contributed by atoms with van der Waals surface area (Å²) >= 11 is 3.42. The van der Waals surface area contributed by atoms with Gasteiger partial charge in [0.2, 0.25) is 0 Å². The number of anilines is 1. The molecule has 2 aromatic carbocycles. The van der Waals surface area contributed by atoms with E-state index in [1.807, 2.05) is 6.92 Å². The van der Waals surface area contributed by atoms with Crippen LogP contribution in [0, 0.1) is 5.82 Å². The number of hydrogen-bond donors (Lipinski definition) is 2. The number of urea groups is 1. The summed E-state index contributed by atoms with van der Waals surface area (Å²) in [6.07, 6.45) is 2.21. The fraction of sp³-hybridized carbons (Fsp3) is 0.261. The van der Waals surface area contributed by atoms with Crippen molar-refractivity contribution >= 4 is 45.5 Å². The number of hydrogen-bond acceptors (Lipinski definition) is 5. The Labute approximate surface area is 198 Å². The van der Waals surface area contributed by atoms with Gasteiger partial charge < -0.3 is 20.1 Å². The lowest BCUT2D eigenvalue weighted by Crippen LogP contribution is -2.31. The van der Waals surface area contributed by atoms with Crippen molar-refractivity contribution in [2.24, 2.45) is 0 Å². The molecule has 0 radical (unpaired) electrons. The second kappa shape index (κ2) is 11.0. The molecule has 2 aromatic rings. The molecule has 0 aliphatic carbocycles. The van der Waals surface area contributed by atoms with Gasteiger partial charge in [-0.3, -0.25) is 14.5 Å².